The topological polar surface area (TPSA) is 119 Å². The molecule has 18 heavy (non-hydrogen) atoms. The standard InChI is InChI=1S/C11H11N3O4/c12-5-1-2-6-18-10-4-3-8(14(16)17)7-9(10)11(13)15/h3-4,7H,1-2,6H2,(H2,13,15). The molecule has 0 unspecified atom stereocenters. The molecule has 7 nitrogen and oxygen atoms in total. The SMILES string of the molecule is N#CCCCOc1ccc([N+](=O)[O-])cc1C(N)=O. The average molecular weight is 249 g/mol. The van der Waals surface area contributed by atoms with Gasteiger partial charge in [0.05, 0.1) is 23.2 Å². The van der Waals surface area contributed by atoms with Crippen LogP contribution in [0.5, 0.6) is 5.75 Å². The molecule has 0 aliphatic rings. The number of nitro groups is 1. The first-order chi connectivity index (χ1) is 8.56. The van der Waals surface area contributed by atoms with Gasteiger partial charge in [-0.15, -0.1) is 0 Å². The molecule has 0 saturated heterocycles. The van der Waals surface area contributed by atoms with E-state index in [1.165, 1.54) is 12.1 Å². The number of carbonyl (C=O) groups excluding carboxylic acids is 1. The van der Waals surface area contributed by atoms with Gasteiger partial charge in [-0.25, -0.2) is 0 Å². The number of amides is 1. The Balaban J connectivity index is 2.87. The molecule has 0 aliphatic carbocycles. The van der Waals surface area contributed by atoms with Crippen LogP contribution in [0.3, 0.4) is 0 Å². The number of ether oxygens (including phenoxy) is 1. The maximum Gasteiger partial charge on any atom is 0.270 e. The van der Waals surface area contributed by atoms with Crippen LogP contribution in [-0.2, 0) is 0 Å². The molecule has 0 fully saturated rings. The Morgan fingerprint density at radius 1 is 1.56 bits per heavy atom. The molecule has 7 heteroatoms. The van der Waals surface area contributed by atoms with Crippen molar-refractivity contribution in [1.29, 1.82) is 5.26 Å². The van der Waals surface area contributed by atoms with Crippen molar-refractivity contribution >= 4 is 11.6 Å². The van der Waals surface area contributed by atoms with Gasteiger partial charge in [0.1, 0.15) is 5.75 Å². The fraction of sp³-hybridized carbons (Fsp3) is 0.273. The number of nitro benzene ring substituents is 1. The molecule has 0 heterocycles. The largest absolute Gasteiger partial charge is 0.493 e. The van der Waals surface area contributed by atoms with Gasteiger partial charge in [-0.3, -0.25) is 14.9 Å². The van der Waals surface area contributed by atoms with E-state index in [1.807, 2.05) is 6.07 Å². The van der Waals surface area contributed by atoms with Crippen LogP contribution in [0.4, 0.5) is 5.69 Å². The van der Waals surface area contributed by atoms with Gasteiger partial charge in [0.15, 0.2) is 0 Å². The first-order valence-corrected chi connectivity index (χ1v) is 5.14. The van der Waals surface area contributed by atoms with E-state index in [0.717, 1.165) is 6.07 Å². The Morgan fingerprint density at radius 3 is 2.83 bits per heavy atom. The highest BCUT2D eigenvalue weighted by molar-refractivity contribution is 5.96. The van der Waals surface area contributed by atoms with E-state index < -0.39 is 10.8 Å². The maximum absolute atomic E-state index is 11.2. The molecule has 2 N–H and O–H groups in total. The summed E-state index contributed by atoms with van der Waals surface area (Å²) in [5.41, 5.74) is 4.85. The van der Waals surface area contributed by atoms with Crippen molar-refractivity contribution in [3.05, 3.63) is 33.9 Å². The van der Waals surface area contributed by atoms with Crippen LogP contribution in [0.2, 0.25) is 0 Å². The second-order valence-corrected chi connectivity index (χ2v) is 3.41. The number of non-ortho nitro benzene ring substituents is 1. The van der Waals surface area contributed by atoms with Crippen molar-refractivity contribution in [3.63, 3.8) is 0 Å². The Kier molecular flexibility index (Phi) is 4.63. The lowest BCUT2D eigenvalue weighted by molar-refractivity contribution is -0.384. The van der Waals surface area contributed by atoms with Gasteiger partial charge >= 0.3 is 0 Å². The number of benzene rings is 1. The Bertz CT molecular complexity index is 508. The summed E-state index contributed by atoms with van der Waals surface area (Å²) in [7, 11) is 0. The summed E-state index contributed by atoms with van der Waals surface area (Å²) < 4.78 is 5.26. The average Bonchev–Trinajstić information content (AvgIpc) is 2.34. The van der Waals surface area contributed by atoms with E-state index in [0.29, 0.717) is 12.8 Å². The summed E-state index contributed by atoms with van der Waals surface area (Å²) >= 11 is 0. The number of nitriles is 1. The Labute approximate surface area is 103 Å². The van der Waals surface area contributed by atoms with Crippen LogP contribution >= 0.6 is 0 Å². The number of primary amides is 1. The number of hydrogen-bond donors (Lipinski definition) is 1. The second kappa shape index (κ2) is 6.20. The van der Waals surface area contributed by atoms with E-state index in [-0.39, 0.29) is 23.6 Å². The highest BCUT2D eigenvalue weighted by Crippen LogP contribution is 2.24. The van der Waals surface area contributed by atoms with Crippen LogP contribution in [0, 0.1) is 21.4 Å². The predicted molar refractivity (Wildman–Crippen MR) is 62.0 cm³/mol. The van der Waals surface area contributed by atoms with Gasteiger partial charge in [-0.1, -0.05) is 0 Å². The summed E-state index contributed by atoms with van der Waals surface area (Å²) in [6, 6.07) is 5.58. The zero-order valence-electron chi connectivity index (χ0n) is 9.46. The summed E-state index contributed by atoms with van der Waals surface area (Å²) in [6.07, 6.45) is 0.838. The van der Waals surface area contributed by atoms with E-state index in [4.69, 9.17) is 15.7 Å². The number of hydrogen-bond acceptors (Lipinski definition) is 5. The third-order valence-corrected chi connectivity index (χ3v) is 2.13. The zero-order valence-corrected chi connectivity index (χ0v) is 9.46. The van der Waals surface area contributed by atoms with Gasteiger partial charge in [0, 0.05) is 18.6 Å². The molecular formula is C11H11N3O4. The lowest BCUT2D eigenvalue weighted by Gasteiger charge is -2.08. The van der Waals surface area contributed by atoms with E-state index in [9.17, 15) is 14.9 Å². The summed E-state index contributed by atoms with van der Waals surface area (Å²) in [5, 5.41) is 18.9. The Hall–Kier alpha value is -2.62. The van der Waals surface area contributed by atoms with Crippen molar-refractivity contribution in [1.82, 2.24) is 0 Å². The molecule has 1 aromatic rings. The maximum atomic E-state index is 11.2. The van der Waals surface area contributed by atoms with E-state index >= 15 is 0 Å². The minimum absolute atomic E-state index is 0.0406. The highest BCUT2D eigenvalue weighted by Gasteiger charge is 2.15. The van der Waals surface area contributed by atoms with Crippen molar-refractivity contribution in [2.24, 2.45) is 5.73 Å². The van der Waals surface area contributed by atoms with Crippen LogP contribution in [0.25, 0.3) is 0 Å². The molecule has 0 aliphatic heterocycles. The van der Waals surface area contributed by atoms with Crippen molar-refractivity contribution in [2.45, 2.75) is 12.8 Å². The fourth-order valence-corrected chi connectivity index (χ4v) is 1.28. The first-order valence-electron chi connectivity index (χ1n) is 5.14. The Morgan fingerprint density at radius 2 is 2.28 bits per heavy atom. The molecule has 94 valence electrons. The molecule has 0 atom stereocenters. The zero-order chi connectivity index (χ0) is 13.5. The van der Waals surface area contributed by atoms with Crippen molar-refractivity contribution < 1.29 is 14.5 Å². The molecule has 0 bridgehead atoms. The molecule has 0 saturated carbocycles. The predicted octanol–water partition coefficient (Wildman–Crippen LogP) is 1.38. The van der Waals surface area contributed by atoms with Gasteiger partial charge in [-0.05, 0) is 12.5 Å². The molecule has 1 amide bonds. The summed E-state index contributed by atoms with van der Waals surface area (Å²) in [5.74, 6) is -0.611. The van der Waals surface area contributed by atoms with Gasteiger partial charge < -0.3 is 10.5 Å². The highest BCUT2D eigenvalue weighted by atomic mass is 16.6. The molecule has 0 spiro atoms. The number of carbonyl (C=O) groups is 1. The lowest BCUT2D eigenvalue weighted by Crippen LogP contribution is -2.13. The number of rotatable bonds is 6. The van der Waals surface area contributed by atoms with Crippen LogP contribution in [0.15, 0.2) is 18.2 Å². The first kappa shape index (κ1) is 13.4. The third kappa shape index (κ3) is 3.45. The smallest absolute Gasteiger partial charge is 0.270 e. The fourth-order valence-electron chi connectivity index (χ4n) is 1.28. The normalized spacial score (nSPS) is 9.50. The van der Waals surface area contributed by atoms with Gasteiger partial charge in [0.25, 0.3) is 11.6 Å². The summed E-state index contributed by atoms with van der Waals surface area (Å²) in [4.78, 5) is 21.1. The summed E-state index contributed by atoms with van der Waals surface area (Å²) in [6.45, 7) is 0.242. The number of nitrogens with zero attached hydrogens (tertiary/aromatic N) is 2. The second-order valence-electron chi connectivity index (χ2n) is 3.41. The van der Waals surface area contributed by atoms with Crippen LogP contribution < -0.4 is 10.5 Å². The number of nitrogens with two attached hydrogens (primary N) is 1. The van der Waals surface area contributed by atoms with Gasteiger partial charge in [0.2, 0.25) is 0 Å². The quantitative estimate of drug-likeness (QED) is 0.464. The molecule has 0 radical (unpaired) electrons. The minimum atomic E-state index is -0.797. The van der Waals surface area contributed by atoms with E-state index in [2.05, 4.69) is 0 Å². The molecule has 0 aromatic heterocycles. The third-order valence-electron chi connectivity index (χ3n) is 2.13. The lowest BCUT2D eigenvalue weighted by atomic mass is 10.1. The molecular weight excluding hydrogens is 238 g/mol. The van der Waals surface area contributed by atoms with Gasteiger partial charge in [-0.2, -0.15) is 5.26 Å². The van der Waals surface area contributed by atoms with Crippen molar-refractivity contribution in [2.75, 3.05) is 6.61 Å². The minimum Gasteiger partial charge on any atom is -0.493 e. The molecule has 1 aromatic carbocycles. The number of unbranched alkanes of at least 4 members (excludes halogenated alkanes) is 1. The van der Waals surface area contributed by atoms with Crippen LogP contribution in [-0.4, -0.2) is 17.4 Å². The monoisotopic (exact) mass is 249 g/mol. The van der Waals surface area contributed by atoms with E-state index in [1.54, 1.807) is 0 Å². The van der Waals surface area contributed by atoms with Crippen LogP contribution in [0.1, 0.15) is 23.2 Å². The van der Waals surface area contributed by atoms with Crippen molar-refractivity contribution in [3.8, 4) is 11.8 Å². The molecule has 1 rings (SSSR count).